The van der Waals surface area contributed by atoms with Crippen LogP contribution in [0.1, 0.15) is 11.5 Å². The van der Waals surface area contributed by atoms with E-state index >= 15 is 0 Å². The van der Waals surface area contributed by atoms with E-state index in [0.717, 1.165) is 18.9 Å². The highest BCUT2D eigenvalue weighted by molar-refractivity contribution is 5.21. The lowest BCUT2D eigenvalue weighted by Crippen LogP contribution is -2.08. The number of nitrogens with zero attached hydrogens (tertiary/aromatic N) is 4. The summed E-state index contributed by atoms with van der Waals surface area (Å²) in [7, 11) is 0. The second-order valence-corrected chi connectivity index (χ2v) is 3.37. The topological polar surface area (TPSA) is 46.5 Å². The Bertz CT molecular complexity index is 487. The van der Waals surface area contributed by atoms with Gasteiger partial charge in [0, 0.05) is 31.7 Å². The van der Waals surface area contributed by atoms with Crippen molar-refractivity contribution in [3.05, 3.63) is 42.2 Å². The van der Waals surface area contributed by atoms with Gasteiger partial charge in [0.15, 0.2) is 0 Å². The van der Waals surface area contributed by atoms with Crippen LogP contribution in [0.25, 0.3) is 0 Å². The maximum absolute atomic E-state index is 8.83. The summed E-state index contributed by atoms with van der Waals surface area (Å²) in [5, 5.41) is 8.83. The normalized spacial score (nSPS) is 10.1. The Morgan fingerprint density at radius 3 is 2.80 bits per heavy atom. The molecule has 0 aliphatic rings. The van der Waals surface area contributed by atoms with Gasteiger partial charge in [0.05, 0.1) is 0 Å². The molecule has 0 amide bonds. The lowest BCUT2D eigenvalue weighted by molar-refractivity contribution is 0.566. The number of aromatic nitrogens is 3. The van der Waals surface area contributed by atoms with Gasteiger partial charge in [-0.2, -0.15) is 5.26 Å². The molecule has 76 valence electrons. The molecule has 0 aliphatic carbocycles. The first kappa shape index (κ1) is 9.53. The molecule has 15 heavy (non-hydrogen) atoms. The van der Waals surface area contributed by atoms with E-state index in [1.165, 1.54) is 0 Å². The van der Waals surface area contributed by atoms with Crippen LogP contribution in [0.15, 0.2) is 30.7 Å². The van der Waals surface area contributed by atoms with Crippen molar-refractivity contribution >= 4 is 0 Å². The summed E-state index contributed by atoms with van der Waals surface area (Å²) in [4.78, 5) is 4.15. The molecule has 2 rings (SSSR count). The number of aryl methyl sites for hydroxylation is 3. The molecule has 0 radical (unpaired) electrons. The van der Waals surface area contributed by atoms with E-state index in [1.54, 1.807) is 6.20 Å². The van der Waals surface area contributed by atoms with Crippen molar-refractivity contribution in [3.8, 4) is 6.07 Å². The number of imidazole rings is 1. The van der Waals surface area contributed by atoms with E-state index in [2.05, 4.69) is 15.6 Å². The fourth-order valence-electron chi connectivity index (χ4n) is 1.57. The van der Waals surface area contributed by atoms with Gasteiger partial charge in [-0.25, -0.2) is 4.98 Å². The Hall–Kier alpha value is -2.02. The average Bonchev–Trinajstić information content (AvgIpc) is 2.83. The largest absolute Gasteiger partial charge is 0.338 e. The van der Waals surface area contributed by atoms with Gasteiger partial charge in [0.25, 0.3) is 0 Å². The third-order valence-electron chi connectivity index (χ3n) is 2.45. The second kappa shape index (κ2) is 4.01. The van der Waals surface area contributed by atoms with Crippen molar-refractivity contribution in [2.24, 2.45) is 0 Å². The van der Waals surface area contributed by atoms with Crippen LogP contribution < -0.4 is 0 Å². The van der Waals surface area contributed by atoms with Gasteiger partial charge >= 0.3 is 0 Å². The smallest absolute Gasteiger partial charge is 0.120 e. The summed E-state index contributed by atoms with van der Waals surface area (Å²) in [5.74, 6) is 1.00. The van der Waals surface area contributed by atoms with Crippen LogP contribution in [0.5, 0.6) is 0 Å². The van der Waals surface area contributed by atoms with Crippen LogP contribution in [-0.4, -0.2) is 14.1 Å². The lowest BCUT2D eigenvalue weighted by atomic mass is 10.4. The maximum Gasteiger partial charge on any atom is 0.120 e. The SMILES string of the molecule is Cc1nccn1CCn1cccc1C#N. The van der Waals surface area contributed by atoms with Crippen LogP contribution in [0.4, 0.5) is 0 Å². The van der Waals surface area contributed by atoms with Gasteiger partial charge in [-0.1, -0.05) is 0 Å². The first-order chi connectivity index (χ1) is 7.31. The monoisotopic (exact) mass is 200 g/mol. The number of rotatable bonds is 3. The average molecular weight is 200 g/mol. The van der Waals surface area contributed by atoms with Crippen molar-refractivity contribution < 1.29 is 0 Å². The standard InChI is InChI=1S/C11H12N4/c1-10-13-4-6-14(10)7-8-15-5-2-3-11(15)9-12/h2-6H,7-8H2,1H3. The minimum atomic E-state index is 0.702. The third-order valence-corrected chi connectivity index (χ3v) is 2.45. The molecule has 0 fully saturated rings. The summed E-state index contributed by atoms with van der Waals surface area (Å²) in [6.45, 7) is 3.61. The van der Waals surface area contributed by atoms with Crippen molar-refractivity contribution in [2.45, 2.75) is 20.0 Å². The van der Waals surface area contributed by atoms with Gasteiger partial charge in [0.1, 0.15) is 17.6 Å². The zero-order valence-corrected chi connectivity index (χ0v) is 8.59. The van der Waals surface area contributed by atoms with E-state index in [-0.39, 0.29) is 0 Å². The Labute approximate surface area is 88.4 Å². The summed E-state index contributed by atoms with van der Waals surface area (Å²) in [5.41, 5.74) is 0.702. The molecular formula is C11H12N4. The van der Waals surface area contributed by atoms with Crippen molar-refractivity contribution in [2.75, 3.05) is 0 Å². The summed E-state index contributed by atoms with van der Waals surface area (Å²) < 4.78 is 4.01. The minimum absolute atomic E-state index is 0.702. The molecule has 2 heterocycles. The highest BCUT2D eigenvalue weighted by Crippen LogP contribution is 2.02. The Morgan fingerprint density at radius 1 is 1.33 bits per heavy atom. The molecule has 0 spiro atoms. The molecule has 0 N–H and O–H groups in total. The van der Waals surface area contributed by atoms with Gasteiger partial charge in [-0.15, -0.1) is 0 Å². The first-order valence-electron chi connectivity index (χ1n) is 4.84. The second-order valence-electron chi connectivity index (χ2n) is 3.37. The van der Waals surface area contributed by atoms with Gasteiger partial charge in [0.2, 0.25) is 0 Å². The van der Waals surface area contributed by atoms with Crippen molar-refractivity contribution in [3.63, 3.8) is 0 Å². The lowest BCUT2D eigenvalue weighted by Gasteiger charge is -2.06. The fraction of sp³-hybridized carbons (Fsp3) is 0.273. The molecule has 0 bridgehead atoms. The van der Waals surface area contributed by atoms with Crippen LogP contribution in [0.3, 0.4) is 0 Å². The van der Waals surface area contributed by atoms with E-state index in [9.17, 15) is 0 Å². The molecule has 4 heteroatoms. The Morgan fingerprint density at radius 2 is 2.13 bits per heavy atom. The molecule has 0 unspecified atom stereocenters. The predicted octanol–water partition coefficient (Wildman–Crippen LogP) is 1.56. The quantitative estimate of drug-likeness (QED) is 0.754. The summed E-state index contributed by atoms with van der Waals surface area (Å²) in [6.07, 6.45) is 5.66. The molecule has 0 atom stereocenters. The van der Waals surface area contributed by atoms with E-state index in [4.69, 9.17) is 5.26 Å². The number of nitriles is 1. The molecule has 2 aromatic rings. The highest BCUT2D eigenvalue weighted by Gasteiger charge is 2.00. The molecule has 0 aromatic carbocycles. The minimum Gasteiger partial charge on any atom is -0.338 e. The molecule has 0 aliphatic heterocycles. The van der Waals surface area contributed by atoms with Gasteiger partial charge in [-0.05, 0) is 19.1 Å². The number of hydrogen-bond donors (Lipinski definition) is 0. The van der Waals surface area contributed by atoms with Crippen molar-refractivity contribution in [1.82, 2.24) is 14.1 Å². The maximum atomic E-state index is 8.83. The zero-order valence-electron chi connectivity index (χ0n) is 8.59. The van der Waals surface area contributed by atoms with Crippen LogP contribution in [0.2, 0.25) is 0 Å². The van der Waals surface area contributed by atoms with Crippen LogP contribution >= 0.6 is 0 Å². The molecule has 2 aromatic heterocycles. The van der Waals surface area contributed by atoms with Crippen LogP contribution in [-0.2, 0) is 13.1 Å². The molecule has 0 saturated carbocycles. The van der Waals surface area contributed by atoms with Gasteiger partial charge < -0.3 is 9.13 Å². The molecule has 4 nitrogen and oxygen atoms in total. The number of hydrogen-bond acceptors (Lipinski definition) is 2. The zero-order chi connectivity index (χ0) is 10.7. The van der Waals surface area contributed by atoms with E-state index in [0.29, 0.717) is 5.69 Å². The predicted molar refractivity (Wildman–Crippen MR) is 56.1 cm³/mol. The molecular weight excluding hydrogens is 188 g/mol. The van der Waals surface area contributed by atoms with Crippen LogP contribution in [0, 0.1) is 18.3 Å². The third kappa shape index (κ3) is 1.91. The van der Waals surface area contributed by atoms with E-state index in [1.807, 2.05) is 36.0 Å². The van der Waals surface area contributed by atoms with Gasteiger partial charge in [-0.3, -0.25) is 0 Å². The van der Waals surface area contributed by atoms with Crippen molar-refractivity contribution in [1.29, 1.82) is 5.26 Å². The van der Waals surface area contributed by atoms with E-state index < -0.39 is 0 Å². The highest BCUT2D eigenvalue weighted by atomic mass is 15.1. The first-order valence-corrected chi connectivity index (χ1v) is 4.84. The fourth-order valence-corrected chi connectivity index (χ4v) is 1.57. The Kier molecular flexibility index (Phi) is 2.55. The summed E-state index contributed by atoms with van der Waals surface area (Å²) in [6, 6.07) is 5.87. The summed E-state index contributed by atoms with van der Waals surface area (Å²) >= 11 is 0. The molecule has 0 saturated heterocycles. The Balaban J connectivity index is 2.06.